The number of benzene rings is 1. The number of hydrogen-bond donors (Lipinski definition) is 3. The number of pyridine rings is 2. The van der Waals surface area contributed by atoms with E-state index in [4.69, 9.17) is 5.73 Å². The SMILES string of the molecule is Cc1cc2[nH]cnc2cc1-c1cc2cc(NC(=O)C3CC3F)ncc2c(N)n1. The molecule has 1 aliphatic rings. The molecular formula is C20H17FN6O. The van der Waals surface area contributed by atoms with Gasteiger partial charge in [-0.1, -0.05) is 0 Å². The van der Waals surface area contributed by atoms with Crippen LogP contribution in [0.4, 0.5) is 16.0 Å². The molecule has 140 valence electrons. The number of nitrogens with one attached hydrogen (secondary N) is 2. The van der Waals surface area contributed by atoms with Crippen molar-refractivity contribution >= 4 is 39.3 Å². The summed E-state index contributed by atoms with van der Waals surface area (Å²) >= 11 is 0. The summed E-state index contributed by atoms with van der Waals surface area (Å²) in [6.07, 6.45) is 2.45. The molecule has 1 aromatic carbocycles. The Bertz CT molecular complexity index is 1250. The molecule has 0 aliphatic heterocycles. The standard InChI is InChI=1S/C20H17FN6O/c1-9-2-16-17(25-8-24-16)6-11(9)15-3-10-4-18(23-7-13(10)19(22)26-15)27-20(28)12-5-14(12)21/h2-4,6-8,12,14H,5H2,1H3,(H2,22,26)(H,24,25)(H,23,27,28). The van der Waals surface area contributed by atoms with Crippen LogP contribution in [0, 0.1) is 12.8 Å². The van der Waals surface area contributed by atoms with Gasteiger partial charge in [-0.2, -0.15) is 0 Å². The van der Waals surface area contributed by atoms with E-state index in [9.17, 15) is 9.18 Å². The van der Waals surface area contributed by atoms with Crippen molar-refractivity contribution in [2.75, 3.05) is 11.1 Å². The molecule has 5 rings (SSSR count). The molecule has 1 fully saturated rings. The monoisotopic (exact) mass is 376 g/mol. The number of aryl methyl sites for hydroxylation is 1. The second-order valence-corrected chi connectivity index (χ2v) is 7.12. The molecule has 8 heteroatoms. The number of amides is 1. The molecule has 1 saturated carbocycles. The van der Waals surface area contributed by atoms with Gasteiger partial charge in [-0.25, -0.2) is 19.3 Å². The molecule has 2 atom stereocenters. The minimum Gasteiger partial charge on any atom is -0.383 e. The number of nitrogens with two attached hydrogens (primary N) is 1. The van der Waals surface area contributed by atoms with Crippen molar-refractivity contribution in [3.05, 3.63) is 42.4 Å². The number of H-pyrrole nitrogens is 1. The Kier molecular flexibility index (Phi) is 3.55. The molecule has 0 spiro atoms. The van der Waals surface area contributed by atoms with Crippen LogP contribution in [0.3, 0.4) is 0 Å². The number of aromatic amines is 1. The minimum atomic E-state index is -1.05. The first-order valence-corrected chi connectivity index (χ1v) is 8.95. The van der Waals surface area contributed by atoms with Gasteiger partial charge in [-0.3, -0.25) is 4.79 Å². The lowest BCUT2D eigenvalue weighted by Crippen LogP contribution is -2.15. The van der Waals surface area contributed by atoms with Crippen LogP contribution in [-0.2, 0) is 4.79 Å². The highest BCUT2D eigenvalue weighted by Gasteiger charge is 2.43. The molecule has 28 heavy (non-hydrogen) atoms. The predicted molar refractivity (Wildman–Crippen MR) is 105 cm³/mol. The van der Waals surface area contributed by atoms with Gasteiger partial charge in [0.25, 0.3) is 0 Å². The third kappa shape index (κ3) is 2.74. The van der Waals surface area contributed by atoms with Crippen LogP contribution >= 0.6 is 0 Å². The van der Waals surface area contributed by atoms with E-state index < -0.39 is 12.1 Å². The fourth-order valence-corrected chi connectivity index (χ4v) is 3.40. The zero-order chi connectivity index (χ0) is 19.4. The van der Waals surface area contributed by atoms with Crippen molar-refractivity contribution in [2.24, 2.45) is 5.92 Å². The number of nitrogens with zero attached hydrogens (tertiary/aromatic N) is 3. The first-order valence-electron chi connectivity index (χ1n) is 8.95. The van der Waals surface area contributed by atoms with Crippen LogP contribution in [0.5, 0.6) is 0 Å². The number of alkyl halides is 1. The minimum absolute atomic E-state index is 0.273. The summed E-state index contributed by atoms with van der Waals surface area (Å²) in [4.78, 5) is 28.1. The van der Waals surface area contributed by atoms with Crippen LogP contribution in [-0.4, -0.2) is 32.0 Å². The summed E-state index contributed by atoms with van der Waals surface area (Å²) in [6, 6.07) is 7.61. The average Bonchev–Trinajstić information content (AvgIpc) is 3.22. The van der Waals surface area contributed by atoms with Gasteiger partial charge in [0.2, 0.25) is 5.91 Å². The number of halogens is 1. The Morgan fingerprint density at radius 2 is 2.11 bits per heavy atom. The van der Waals surface area contributed by atoms with Crippen molar-refractivity contribution in [3.63, 3.8) is 0 Å². The van der Waals surface area contributed by atoms with E-state index in [1.807, 2.05) is 25.1 Å². The van der Waals surface area contributed by atoms with E-state index in [2.05, 4.69) is 25.3 Å². The topological polar surface area (TPSA) is 110 Å². The molecule has 1 aliphatic carbocycles. The van der Waals surface area contributed by atoms with Gasteiger partial charge >= 0.3 is 0 Å². The Morgan fingerprint density at radius 1 is 1.29 bits per heavy atom. The summed E-state index contributed by atoms with van der Waals surface area (Å²) in [6.45, 7) is 2.00. The average molecular weight is 376 g/mol. The Morgan fingerprint density at radius 3 is 2.89 bits per heavy atom. The van der Waals surface area contributed by atoms with Crippen LogP contribution in [0.15, 0.2) is 36.8 Å². The summed E-state index contributed by atoms with van der Waals surface area (Å²) < 4.78 is 13.1. The number of nitrogen functional groups attached to an aromatic ring is 1. The zero-order valence-corrected chi connectivity index (χ0v) is 15.0. The number of carbonyl (C=O) groups excluding carboxylic acids is 1. The molecule has 1 amide bonds. The van der Waals surface area contributed by atoms with Crippen LogP contribution in [0.25, 0.3) is 33.1 Å². The van der Waals surface area contributed by atoms with Gasteiger partial charge in [-0.15, -0.1) is 0 Å². The first-order chi connectivity index (χ1) is 13.5. The van der Waals surface area contributed by atoms with E-state index in [0.717, 1.165) is 27.5 Å². The summed E-state index contributed by atoms with van der Waals surface area (Å²) in [5, 5.41) is 4.16. The van der Waals surface area contributed by atoms with Crippen molar-refractivity contribution < 1.29 is 9.18 Å². The molecule has 7 nitrogen and oxygen atoms in total. The maximum absolute atomic E-state index is 13.1. The van der Waals surface area contributed by atoms with E-state index in [-0.39, 0.29) is 12.3 Å². The lowest BCUT2D eigenvalue weighted by Gasteiger charge is -2.10. The zero-order valence-electron chi connectivity index (χ0n) is 15.0. The predicted octanol–water partition coefficient (Wildman–Crippen LogP) is 3.36. The number of carbonyl (C=O) groups is 1. The first kappa shape index (κ1) is 16.6. The van der Waals surface area contributed by atoms with E-state index in [1.54, 1.807) is 18.6 Å². The molecule has 3 aromatic heterocycles. The number of fused-ring (bicyclic) bond motifs is 2. The molecule has 4 aromatic rings. The second-order valence-electron chi connectivity index (χ2n) is 7.12. The molecule has 4 N–H and O–H groups in total. The Hall–Kier alpha value is -3.55. The fraction of sp³-hybridized carbons (Fsp3) is 0.200. The van der Waals surface area contributed by atoms with Gasteiger partial charge in [0.05, 0.1) is 29.0 Å². The van der Waals surface area contributed by atoms with Crippen molar-refractivity contribution in [3.8, 4) is 11.3 Å². The second kappa shape index (κ2) is 5.98. The number of imidazole rings is 1. The van der Waals surface area contributed by atoms with E-state index in [1.165, 1.54) is 0 Å². The van der Waals surface area contributed by atoms with Crippen molar-refractivity contribution in [1.82, 2.24) is 19.9 Å². The van der Waals surface area contributed by atoms with Crippen LogP contribution < -0.4 is 11.1 Å². The number of anilines is 2. The van der Waals surface area contributed by atoms with E-state index in [0.29, 0.717) is 22.7 Å². The Labute approximate surface area is 159 Å². The molecule has 0 radical (unpaired) electrons. The number of hydrogen-bond acceptors (Lipinski definition) is 5. The number of aromatic nitrogens is 4. The summed E-state index contributed by atoms with van der Waals surface area (Å²) in [7, 11) is 0. The highest BCUT2D eigenvalue weighted by atomic mass is 19.1. The van der Waals surface area contributed by atoms with Gasteiger partial charge in [0.1, 0.15) is 17.8 Å². The maximum atomic E-state index is 13.1. The molecule has 0 bridgehead atoms. The Balaban J connectivity index is 1.57. The highest BCUT2D eigenvalue weighted by molar-refractivity contribution is 5.99. The maximum Gasteiger partial charge on any atom is 0.231 e. The van der Waals surface area contributed by atoms with Crippen LogP contribution in [0.1, 0.15) is 12.0 Å². The smallest absolute Gasteiger partial charge is 0.231 e. The van der Waals surface area contributed by atoms with Gasteiger partial charge in [0.15, 0.2) is 0 Å². The van der Waals surface area contributed by atoms with Crippen molar-refractivity contribution in [2.45, 2.75) is 19.5 Å². The summed E-state index contributed by atoms with van der Waals surface area (Å²) in [5.41, 5.74) is 10.6. The third-order valence-corrected chi connectivity index (χ3v) is 5.09. The fourth-order valence-electron chi connectivity index (χ4n) is 3.40. The van der Waals surface area contributed by atoms with Gasteiger partial charge < -0.3 is 16.0 Å². The quantitative estimate of drug-likeness (QED) is 0.508. The van der Waals surface area contributed by atoms with Gasteiger partial charge in [-0.05, 0) is 48.6 Å². The molecular weight excluding hydrogens is 359 g/mol. The molecule has 2 unspecified atom stereocenters. The molecule has 3 heterocycles. The third-order valence-electron chi connectivity index (χ3n) is 5.09. The molecule has 0 saturated heterocycles. The highest BCUT2D eigenvalue weighted by Crippen LogP contribution is 2.35. The number of rotatable bonds is 3. The van der Waals surface area contributed by atoms with Crippen LogP contribution in [0.2, 0.25) is 0 Å². The van der Waals surface area contributed by atoms with E-state index >= 15 is 0 Å². The summed E-state index contributed by atoms with van der Waals surface area (Å²) in [5.74, 6) is -0.196. The largest absolute Gasteiger partial charge is 0.383 e. The lowest BCUT2D eigenvalue weighted by atomic mass is 10.0. The lowest BCUT2D eigenvalue weighted by molar-refractivity contribution is -0.117. The van der Waals surface area contributed by atoms with Gasteiger partial charge in [0, 0.05) is 17.1 Å². The van der Waals surface area contributed by atoms with Crippen molar-refractivity contribution in [1.29, 1.82) is 0 Å². The normalized spacial score (nSPS) is 18.5.